The van der Waals surface area contributed by atoms with Gasteiger partial charge in [-0.1, -0.05) is 24.3 Å². The molecule has 0 unspecified atom stereocenters. The minimum absolute atomic E-state index is 0.291. The van der Waals surface area contributed by atoms with Crippen LogP contribution in [0.4, 0.5) is 21.7 Å². The SMILES string of the molecule is CCN(c1ccccc1F)c1nc2ccccc2nc1N. The van der Waals surface area contributed by atoms with Crippen LogP contribution in [0.15, 0.2) is 48.5 Å². The molecular weight excluding hydrogens is 267 g/mol. The molecule has 0 saturated heterocycles. The molecule has 0 atom stereocenters. The lowest BCUT2D eigenvalue weighted by Gasteiger charge is -2.23. The van der Waals surface area contributed by atoms with Crippen molar-refractivity contribution in [3.8, 4) is 0 Å². The summed E-state index contributed by atoms with van der Waals surface area (Å²) in [6.07, 6.45) is 0. The molecule has 1 heterocycles. The van der Waals surface area contributed by atoms with Gasteiger partial charge in [0.15, 0.2) is 11.6 Å². The topological polar surface area (TPSA) is 55.0 Å². The van der Waals surface area contributed by atoms with Gasteiger partial charge in [0.2, 0.25) is 0 Å². The molecule has 0 aliphatic carbocycles. The van der Waals surface area contributed by atoms with E-state index < -0.39 is 0 Å². The third kappa shape index (κ3) is 2.38. The summed E-state index contributed by atoms with van der Waals surface area (Å²) in [7, 11) is 0. The van der Waals surface area contributed by atoms with Crippen molar-refractivity contribution in [1.29, 1.82) is 0 Å². The Morgan fingerprint density at radius 3 is 2.29 bits per heavy atom. The molecule has 3 rings (SSSR count). The Morgan fingerprint density at radius 2 is 1.62 bits per heavy atom. The standard InChI is InChI=1S/C16H15FN4/c1-2-21(14-10-6-3-7-11(14)17)16-15(18)19-12-8-4-5-9-13(12)20-16/h3-10H,2H2,1H3,(H2,18,19). The molecule has 4 nitrogen and oxygen atoms in total. The van der Waals surface area contributed by atoms with Gasteiger partial charge < -0.3 is 10.6 Å². The van der Waals surface area contributed by atoms with Gasteiger partial charge in [0, 0.05) is 6.54 Å². The van der Waals surface area contributed by atoms with Gasteiger partial charge in [0.25, 0.3) is 0 Å². The zero-order valence-corrected chi connectivity index (χ0v) is 11.6. The van der Waals surface area contributed by atoms with Gasteiger partial charge in [-0.25, -0.2) is 14.4 Å². The molecule has 5 heteroatoms. The first-order valence-corrected chi connectivity index (χ1v) is 6.75. The van der Waals surface area contributed by atoms with Gasteiger partial charge in [-0.2, -0.15) is 0 Å². The second kappa shape index (κ2) is 5.36. The maximum atomic E-state index is 14.0. The molecule has 1 aromatic heterocycles. The van der Waals surface area contributed by atoms with Crippen molar-refractivity contribution >= 4 is 28.4 Å². The number of anilines is 3. The van der Waals surface area contributed by atoms with Crippen molar-refractivity contribution in [3.05, 3.63) is 54.3 Å². The Labute approximate surface area is 122 Å². The van der Waals surface area contributed by atoms with E-state index >= 15 is 0 Å². The second-order valence-corrected chi connectivity index (χ2v) is 4.62. The molecule has 106 valence electrons. The van der Waals surface area contributed by atoms with Gasteiger partial charge >= 0.3 is 0 Å². The third-order valence-electron chi connectivity index (χ3n) is 3.29. The molecule has 0 spiro atoms. The highest BCUT2D eigenvalue weighted by Crippen LogP contribution is 2.30. The fraction of sp³-hybridized carbons (Fsp3) is 0.125. The summed E-state index contributed by atoms with van der Waals surface area (Å²) < 4.78 is 14.0. The van der Waals surface area contributed by atoms with Crippen LogP contribution in [0.2, 0.25) is 0 Å². The normalized spacial score (nSPS) is 10.8. The van der Waals surface area contributed by atoms with Crippen LogP contribution < -0.4 is 10.6 Å². The largest absolute Gasteiger partial charge is 0.381 e. The van der Waals surface area contributed by atoms with E-state index in [1.54, 1.807) is 23.1 Å². The average molecular weight is 282 g/mol. The van der Waals surface area contributed by atoms with Crippen molar-refractivity contribution in [2.45, 2.75) is 6.92 Å². The number of nitrogen functional groups attached to an aromatic ring is 1. The Balaban J connectivity index is 2.17. The summed E-state index contributed by atoms with van der Waals surface area (Å²) in [5.41, 5.74) is 7.91. The summed E-state index contributed by atoms with van der Waals surface area (Å²) in [5.74, 6) is 0.453. The number of aromatic nitrogens is 2. The molecule has 0 amide bonds. The summed E-state index contributed by atoms with van der Waals surface area (Å²) in [6, 6.07) is 14.0. The van der Waals surface area contributed by atoms with E-state index in [0.717, 1.165) is 11.0 Å². The maximum Gasteiger partial charge on any atom is 0.176 e. The summed E-state index contributed by atoms with van der Waals surface area (Å²) >= 11 is 0. The Bertz CT molecular complexity index is 788. The lowest BCUT2D eigenvalue weighted by Crippen LogP contribution is -2.20. The highest BCUT2D eigenvalue weighted by molar-refractivity contribution is 5.81. The molecule has 2 aromatic carbocycles. The van der Waals surface area contributed by atoms with E-state index in [1.807, 2.05) is 31.2 Å². The number of nitrogens with two attached hydrogens (primary N) is 1. The van der Waals surface area contributed by atoms with Crippen LogP contribution in [0.5, 0.6) is 0 Å². The molecule has 3 aromatic rings. The number of hydrogen-bond donors (Lipinski definition) is 1. The van der Waals surface area contributed by atoms with Crippen LogP contribution in [0.25, 0.3) is 11.0 Å². The quantitative estimate of drug-likeness (QED) is 0.798. The highest BCUT2D eigenvalue weighted by atomic mass is 19.1. The van der Waals surface area contributed by atoms with Gasteiger partial charge in [-0.15, -0.1) is 0 Å². The highest BCUT2D eigenvalue weighted by Gasteiger charge is 2.17. The molecule has 0 aliphatic heterocycles. The number of halogens is 1. The fourth-order valence-corrected chi connectivity index (χ4v) is 2.31. The predicted molar refractivity (Wildman–Crippen MR) is 83.0 cm³/mol. The van der Waals surface area contributed by atoms with Crippen LogP contribution in [0, 0.1) is 5.82 Å². The van der Waals surface area contributed by atoms with E-state index in [-0.39, 0.29) is 5.82 Å². The second-order valence-electron chi connectivity index (χ2n) is 4.62. The van der Waals surface area contributed by atoms with Crippen LogP contribution in [-0.4, -0.2) is 16.5 Å². The van der Waals surface area contributed by atoms with Crippen molar-refractivity contribution in [2.75, 3.05) is 17.2 Å². The van der Waals surface area contributed by atoms with Crippen molar-refractivity contribution in [2.24, 2.45) is 0 Å². The van der Waals surface area contributed by atoms with E-state index in [9.17, 15) is 4.39 Å². The minimum Gasteiger partial charge on any atom is -0.381 e. The molecular formula is C16H15FN4. The first-order chi connectivity index (χ1) is 10.2. The first kappa shape index (κ1) is 13.3. The molecule has 21 heavy (non-hydrogen) atoms. The summed E-state index contributed by atoms with van der Waals surface area (Å²) in [5, 5.41) is 0. The summed E-state index contributed by atoms with van der Waals surface area (Å²) in [4.78, 5) is 10.6. The lowest BCUT2D eigenvalue weighted by atomic mass is 10.2. The zero-order chi connectivity index (χ0) is 14.8. The van der Waals surface area contributed by atoms with Crippen molar-refractivity contribution in [3.63, 3.8) is 0 Å². The van der Waals surface area contributed by atoms with Crippen molar-refractivity contribution in [1.82, 2.24) is 9.97 Å². The predicted octanol–water partition coefficient (Wildman–Crippen LogP) is 3.51. The molecule has 0 saturated carbocycles. The number of hydrogen-bond acceptors (Lipinski definition) is 4. The minimum atomic E-state index is -0.311. The number of nitrogens with zero attached hydrogens (tertiary/aromatic N) is 3. The number of para-hydroxylation sites is 3. The van der Waals surface area contributed by atoms with E-state index in [1.165, 1.54) is 6.07 Å². The van der Waals surface area contributed by atoms with E-state index in [4.69, 9.17) is 5.73 Å². The Hall–Kier alpha value is -2.69. The van der Waals surface area contributed by atoms with E-state index in [0.29, 0.717) is 23.9 Å². The fourth-order valence-electron chi connectivity index (χ4n) is 2.31. The monoisotopic (exact) mass is 282 g/mol. The van der Waals surface area contributed by atoms with Crippen LogP contribution in [0.1, 0.15) is 6.92 Å². The molecule has 0 aliphatic rings. The first-order valence-electron chi connectivity index (χ1n) is 6.75. The number of fused-ring (bicyclic) bond motifs is 1. The van der Waals surface area contributed by atoms with Crippen LogP contribution >= 0.6 is 0 Å². The molecule has 0 radical (unpaired) electrons. The molecule has 0 fully saturated rings. The third-order valence-corrected chi connectivity index (χ3v) is 3.29. The number of benzene rings is 2. The van der Waals surface area contributed by atoms with Crippen LogP contribution in [0.3, 0.4) is 0 Å². The molecule has 0 bridgehead atoms. The van der Waals surface area contributed by atoms with Crippen LogP contribution in [-0.2, 0) is 0 Å². The smallest absolute Gasteiger partial charge is 0.176 e. The summed E-state index contributed by atoms with van der Waals surface area (Å²) in [6.45, 7) is 2.46. The average Bonchev–Trinajstić information content (AvgIpc) is 2.50. The number of rotatable bonds is 3. The van der Waals surface area contributed by atoms with Gasteiger partial charge in [0.05, 0.1) is 16.7 Å². The van der Waals surface area contributed by atoms with Gasteiger partial charge in [-0.3, -0.25) is 0 Å². The maximum absolute atomic E-state index is 14.0. The Morgan fingerprint density at radius 1 is 1.00 bits per heavy atom. The van der Waals surface area contributed by atoms with Gasteiger partial charge in [0.1, 0.15) is 5.82 Å². The van der Waals surface area contributed by atoms with E-state index in [2.05, 4.69) is 9.97 Å². The van der Waals surface area contributed by atoms with Gasteiger partial charge in [-0.05, 0) is 31.2 Å². The lowest BCUT2D eigenvalue weighted by molar-refractivity contribution is 0.625. The zero-order valence-electron chi connectivity index (χ0n) is 11.6. The van der Waals surface area contributed by atoms with Crippen molar-refractivity contribution < 1.29 is 4.39 Å². The Kier molecular flexibility index (Phi) is 3.39. The molecule has 2 N–H and O–H groups in total.